The van der Waals surface area contributed by atoms with Gasteiger partial charge in [0, 0.05) is 30.2 Å². The molecule has 0 radical (unpaired) electrons. The largest absolute Gasteiger partial charge is 0.494 e. The van der Waals surface area contributed by atoms with E-state index in [1.165, 1.54) is 0 Å². The van der Waals surface area contributed by atoms with E-state index < -0.39 is 13.3 Å². The first-order valence-electron chi connectivity index (χ1n) is 8.90. The molecule has 0 spiro atoms. The van der Waals surface area contributed by atoms with Crippen molar-refractivity contribution < 1.29 is 13.7 Å². The zero-order chi connectivity index (χ0) is 18.1. The Balaban J connectivity index is 1.58. The number of alkyl halides is 1. The first-order chi connectivity index (χ1) is 12.5. The Morgan fingerprint density at radius 2 is 1.85 bits per heavy atom. The summed E-state index contributed by atoms with van der Waals surface area (Å²) >= 11 is 0. The third kappa shape index (κ3) is 3.52. The van der Waals surface area contributed by atoms with Crippen LogP contribution in [0.1, 0.15) is 25.6 Å². The monoisotopic (exact) mass is 352 g/mol. The molecule has 0 saturated carbocycles. The SMILES string of the molecule is CC1(C)COB(c2cccc3nn(C[C@H](F)c4ccccc4)cc23)OC1. The summed E-state index contributed by atoms with van der Waals surface area (Å²) in [5.74, 6) is 0. The second-order valence-electron chi connectivity index (χ2n) is 7.63. The summed E-state index contributed by atoms with van der Waals surface area (Å²) in [6.45, 7) is 5.70. The molecule has 1 aliphatic heterocycles. The van der Waals surface area contributed by atoms with Crippen LogP contribution in [0.5, 0.6) is 0 Å². The Bertz CT molecular complexity index is 887. The summed E-state index contributed by atoms with van der Waals surface area (Å²) in [6, 6.07) is 15.0. The van der Waals surface area contributed by atoms with E-state index >= 15 is 0 Å². The zero-order valence-electron chi connectivity index (χ0n) is 15.1. The average molecular weight is 352 g/mol. The van der Waals surface area contributed by atoms with Crippen molar-refractivity contribution in [3.8, 4) is 0 Å². The number of hydrogen-bond acceptors (Lipinski definition) is 3. The molecule has 2 aromatic carbocycles. The quantitative estimate of drug-likeness (QED) is 0.674. The van der Waals surface area contributed by atoms with E-state index in [-0.39, 0.29) is 12.0 Å². The van der Waals surface area contributed by atoms with Crippen LogP contribution >= 0.6 is 0 Å². The lowest BCUT2D eigenvalue weighted by Crippen LogP contribution is -2.47. The van der Waals surface area contributed by atoms with Gasteiger partial charge in [-0.05, 0) is 17.1 Å². The van der Waals surface area contributed by atoms with Crippen LogP contribution in [-0.2, 0) is 15.9 Å². The fourth-order valence-corrected chi connectivity index (χ4v) is 3.22. The second-order valence-corrected chi connectivity index (χ2v) is 7.63. The number of nitrogens with zero attached hydrogens (tertiary/aromatic N) is 2. The number of benzene rings is 2. The Morgan fingerprint density at radius 1 is 1.12 bits per heavy atom. The number of rotatable bonds is 4. The minimum Gasteiger partial charge on any atom is -0.407 e. The number of fused-ring (bicyclic) bond motifs is 1. The van der Waals surface area contributed by atoms with E-state index in [9.17, 15) is 4.39 Å². The highest BCUT2D eigenvalue weighted by Crippen LogP contribution is 2.23. The summed E-state index contributed by atoms with van der Waals surface area (Å²) < 4.78 is 28.1. The van der Waals surface area contributed by atoms with Crippen molar-refractivity contribution >= 4 is 23.5 Å². The van der Waals surface area contributed by atoms with Gasteiger partial charge in [-0.3, -0.25) is 4.68 Å². The minimum absolute atomic E-state index is 0.0196. The Hall–Kier alpha value is -2.18. The Labute approximate surface area is 153 Å². The maximum absolute atomic E-state index is 14.6. The molecule has 0 aliphatic carbocycles. The molecule has 3 aromatic rings. The van der Waals surface area contributed by atoms with Crippen molar-refractivity contribution in [1.82, 2.24) is 9.78 Å². The summed E-state index contributed by atoms with van der Waals surface area (Å²) in [4.78, 5) is 0. The van der Waals surface area contributed by atoms with Crippen LogP contribution in [0.3, 0.4) is 0 Å². The molecule has 6 heteroatoms. The van der Waals surface area contributed by atoms with Crippen molar-refractivity contribution in [1.29, 1.82) is 0 Å². The maximum atomic E-state index is 14.6. The van der Waals surface area contributed by atoms with Gasteiger partial charge in [-0.25, -0.2) is 4.39 Å². The molecule has 0 amide bonds. The van der Waals surface area contributed by atoms with Crippen molar-refractivity contribution in [3.63, 3.8) is 0 Å². The molecular weight excluding hydrogens is 330 g/mol. The smallest absolute Gasteiger partial charge is 0.407 e. The highest BCUT2D eigenvalue weighted by molar-refractivity contribution is 6.64. The molecule has 1 aliphatic rings. The van der Waals surface area contributed by atoms with Gasteiger partial charge in [-0.15, -0.1) is 0 Å². The molecular formula is C20H22BFN2O2. The average Bonchev–Trinajstić information content (AvgIpc) is 3.05. The van der Waals surface area contributed by atoms with E-state index in [4.69, 9.17) is 9.31 Å². The molecule has 1 atom stereocenters. The normalized spacial score (nSPS) is 18.2. The van der Waals surface area contributed by atoms with Crippen LogP contribution < -0.4 is 5.46 Å². The summed E-state index contributed by atoms with van der Waals surface area (Å²) in [6.07, 6.45) is 0.782. The number of hydrogen-bond donors (Lipinski definition) is 0. The van der Waals surface area contributed by atoms with E-state index in [1.54, 1.807) is 16.8 Å². The fraction of sp³-hybridized carbons (Fsp3) is 0.350. The first kappa shape index (κ1) is 17.2. The third-order valence-electron chi connectivity index (χ3n) is 4.64. The molecule has 134 valence electrons. The molecule has 0 bridgehead atoms. The van der Waals surface area contributed by atoms with Crippen molar-refractivity contribution in [2.24, 2.45) is 5.41 Å². The van der Waals surface area contributed by atoms with Gasteiger partial charge in [-0.1, -0.05) is 56.3 Å². The molecule has 4 rings (SSSR count). The van der Waals surface area contributed by atoms with E-state index in [0.29, 0.717) is 18.8 Å². The highest BCUT2D eigenvalue weighted by atomic mass is 19.1. The number of halogens is 1. The summed E-state index contributed by atoms with van der Waals surface area (Å²) in [5, 5.41) is 5.47. The minimum atomic E-state index is -1.10. The number of aromatic nitrogens is 2. The molecule has 0 unspecified atom stereocenters. The van der Waals surface area contributed by atoms with Crippen molar-refractivity contribution in [3.05, 3.63) is 60.3 Å². The van der Waals surface area contributed by atoms with Gasteiger partial charge in [0.1, 0.15) is 6.17 Å². The summed E-state index contributed by atoms with van der Waals surface area (Å²) in [5.41, 5.74) is 2.44. The van der Waals surface area contributed by atoms with Crippen molar-refractivity contribution in [2.75, 3.05) is 13.2 Å². The predicted octanol–water partition coefficient (Wildman–Crippen LogP) is 3.52. The topological polar surface area (TPSA) is 36.3 Å². The second kappa shape index (κ2) is 6.85. The van der Waals surface area contributed by atoms with Gasteiger partial charge in [0.2, 0.25) is 0 Å². The van der Waals surface area contributed by atoms with Gasteiger partial charge >= 0.3 is 7.12 Å². The van der Waals surface area contributed by atoms with Crippen LogP contribution in [0.25, 0.3) is 10.9 Å². The van der Waals surface area contributed by atoms with Gasteiger partial charge < -0.3 is 9.31 Å². The lowest BCUT2D eigenvalue weighted by molar-refractivity contribution is 0.0344. The molecule has 1 saturated heterocycles. The standard InChI is InChI=1S/C20H22BFN2O2/c1-20(2)13-25-21(26-14-20)17-9-6-10-19-16(17)11-24(23-19)12-18(22)15-7-4-3-5-8-15/h3-11,18H,12-14H2,1-2H3/t18-/m0/s1. The highest BCUT2D eigenvalue weighted by Gasteiger charge is 2.34. The van der Waals surface area contributed by atoms with E-state index in [0.717, 1.165) is 16.4 Å². The van der Waals surface area contributed by atoms with Crippen LogP contribution in [0.15, 0.2) is 54.7 Å². The Kier molecular flexibility index (Phi) is 4.55. The lowest BCUT2D eigenvalue weighted by atomic mass is 9.74. The van der Waals surface area contributed by atoms with Crippen molar-refractivity contribution in [2.45, 2.75) is 26.6 Å². The van der Waals surface area contributed by atoms with Crippen LogP contribution in [0.2, 0.25) is 0 Å². The molecule has 0 N–H and O–H groups in total. The Morgan fingerprint density at radius 3 is 2.58 bits per heavy atom. The molecule has 2 heterocycles. The van der Waals surface area contributed by atoms with Gasteiger partial charge in [0.15, 0.2) is 0 Å². The molecule has 4 nitrogen and oxygen atoms in total. The maximum Gasteiger partial charge on any atom is 0.494 e. The fourth-order valence-electron chi connectivity index (χ4n) is 3.22. The van der Waals surface area contributed by atoms with Gasteiger partial charge in [-0.2, -0.15) is 5.10 Å². The molecule has 1 aromatic heterocycles. The first-order valence-corrected chi connectivity index (χ1v) is 8.90. The van der Waals surface area contributed by atoms with Crippen LogP contribution in [0, 0.1) is 5.41 Å². The molecule has 1 fully saturated rings. The van der Waals surface area contributed by atoms with Crippen LogP contribution in [-0.4, -0.2) is 30.1 Å². The molecule has 26 heavy (non-hydrogen) atoms. The lowest BCUT2D eigenvalue weighted by Gasteiger charge is -2.33. The predicted molar refractivity (Wildman–Crippen MR) is 101 cm³/mol. The van der Waals surface area contributed by atoms with Crippen LogP contribution in [0.4, 0.5) is 4.39 Å². The van der Waals surface area contributed by atoms with Gasteiger partial charge in [0.25, 0.3) is 0 Å². The zero-order valence-corrected chi connectivity index (χ0v) is 15.1. The van der Waals surface area contributed by atoms with E-state index in [2.05, 4.69) is 18.9 Å². The van der Waals surface area contributed by atoms with E-state index in [1.807, 2.05) is 42.6 Å². The van der Waals surface area contributed by atoms with Gasteiger partial charge in [0.05, 0.1) is 12.1 Å². The summed E-state index contributed by atoms with van der Waals surface area (Å²) in [7, 11) is -0.403. The third-order valence-corrected chi connectivity index (χ3v) is 4.64.